The molecule has 3 heteroatoms. The van der Waals surface area contributed by atoms with Gasteiger partial charge in [0, 0.05) is 0 Å². The summed E-state index contributed by atoms with van der Waals surface area (Å²) in [6.07, 6.45) is 4.45. The number of hydrogen-bond donors (Lipinski definition) is 0. The first kappa shape index (κ1) is 8.95. The molecular formula is C6H10F2S. The molecule has 0 bridgehead atoms. The highest BCUT2D eigenvalue weighted by molar-refractivity contribution is 7.99. The first-order chi connectivity index (χ1) is 4.12. The van der Waals surface area contributed by atoms with E-state index >= 15 is 0 Å². The summed E-state index contributed by atoms with van der Waals surface area (Å²) >= 11 is 0.547. The van der Waals surface area contributed by atoms with Crippen molar-refractivity contribution >= 4 is 11.8 Å². The minimum atomic E-state index is -2.67. The highest BCUT2D eigenvalue weighted by Gasteiger charge is 2.21. The number of rotatable bonds is 3. The van der Waals surface area contributed by atoms with E-state index in [4.69, 9.17) is 0 Å². The summed E-state index contributed by atoms with van der Waals surface area (Å²) in [7, 11) is 0. The van der Waals surface area contributed by atoms with Crippen molar-refractivity contribution in [2.24, 2.45) is 0 Å². The molecule has 0 radical (unpaired) electrons. The second kappa shape index (κ2) is 3.88. The molecule has 0 aromatic carbocycles. The molecule has 0 saturated carbocycles. The molecular weight excluding hydrogens is 142 g/mol. The van der Waals surface area contributed by atoms with Crippen LogP contribution < -0.4 is 0 Å². The Kier molecular flexibility index (Phi) is 3.86. The second-order valence-electron chi connectivity index (χ2n) is 1.58. The van der Waals surface area contributed by atoms with Crippen LogP contribution in [0.15, 0.2) is 12.2 Å². The van der Waals surface area contributed by atoms with Crippen molar-refractivity contribution in [3.8, 4) is 0 Å². The Morgan fingerprint density at radius 3 is 2.44 bits per heavy atom. The van der Waals surface area contributed by atoms with Gasteiger partial charge in [-0.05, 0) is 18.8 Å². The molecule has 0 aliphatic rings. The largest absolute Gasteiger partial charge is 0.312 e. The molecule has 0 aromatic rings. The number of halogens is 2. The Morgan fingerprint density at radius 2 is 2.11 bits per heavy atom. The lowest BCUT2D eigenvalue weighted by Gasteiger charge is -2.05. The smallest absolute Gasteiger partial charge is 0.189 e. The minimum absolute atomic E-state index is 0.547. The zero-order valence-electron chi connectivity index (χ0n) is 5.53. The van der Waals surface area contributed by atoms with E-state index in [1.54, 1.807) is 0 Å². The van der Waals surface area contributed by atoms with Gasteiger partial charge in [0.05, 0.1) is 0 Å². The van der Waals surface area contributed by atoms with Gasteiger partial charge >= 0.3 is 5.25 Å². The maximum atomic E-state index is 12.2. The number of allylic oxidation sites excluding steroid dienone is 1. The van der Waals surface area contributed by atoms with E-state index in [0.29, 0.717) is 18.2 Å². The van der Waals surface area contributed by atoms with E-state index in [1.807, 2.05) is 6.92 Å². The SMILES string of the molecule is CC/C=C/C(F)(F)SC. The zero-order valence-corrected chi connectivity index (χ0v) is 6.34. The van der Waals surface area contributed by atoms with E-state index in [0.717, 1.165) is 6.08 Å². The van der Waals surface area contributed by atoms with Crippen molar-refractivity contribution in [3.63, 3.8) is 0 Å². The van der Waals surface area contributed by atoms with Crippen LogP contribution in [0.4, 0.5) is 8.78 Å². The topological polar surface area (TPSA) is 0 Å². The van der Waals surface area contributed by atoms with Gasteiger partial charge in [-0.1, -0.05) is 24.8 Å². The van der Waals surface area contributed by atoms with E-state index in [1.165, 1.54) is 12.3 Å². The van der Waals surface area contributed by atoms with Crippen LogP contribution in [0.2, 0.25) is 0 Å². The Labute approximate surface area is 58.3 Å². The normalized spacial score (nSPS) is 12.9. The van der Waals surface area contributed by atoms with Gasteiger partial charge < -0.3 is 0 Å². The van der Waals surface area contributed by atoms with Gasteiger partial charge in [0.2, 0.25) is 0 Å². The molecule has 0 unspecified atom stereocenters. The summed E-state index contributed by atoms with van der Waals surface area (Å²) in [5.41, 5.74) is 0. The lowest BCUT2D eigenvalue weighted by atomic mass is 10.4. The molecule has 0 N–H and O–H groups in total. The molecule has 0 fully saturated rings. The van der Waals surface area contributed by atoms with Crippen molar-refractivity contribution < 1.29 is 8.78 Å². The van der Waals surface area contributed by atoms with Gasteiger partial charge in [-0.2, -0.15) is 8.78 Å². The Bertz CT molecular complexity index is 99.2. The summed E-state index contributed by atoms with van der Waals surface area (Å²) in [6.45, 7) is 1.83. The number of alkyl halides is 2. The van der Waals surface area contributed by atoms with Crippen molar-refractivity contribution in [3.05, 3.63) is 12.2 Å². The van der Waals surface area contributed by atoms with Crippen molar-refractivity contribution in [1.82, 2.24) is 0 Å². The van der Waals surface area contributed by atoms with Gasteiger partial charge in [-0.15, -0.1) is 0 Å². The van der Waals surface area contributed by atoms with Crippen LogP contribution in [0, 0.1) is 0 Å². The molecule has 0 atom stereocenters. The minimum Gasteiger partial charge on any atom is -0.189 e. The predicted molar refractivity (Wildman–Crippen MR) is 37.9 cm³/mol. The molecule has 0 aliphatic carbocycles. The molecule has 0 amide bonds. The van der Waals surface area contributed by atoms with Crippen LogP contribution in [0.3, 0.4) is 0 Å². The third-order valence-corrected chi connectivity index (χ3v) is 1.50. The standard InChI is InChI=1S/C6H10F2S/c1-3-4-5-6(7,8)9-2/h4-5H,3H2,1-2H3/b5-4+. The van der Waals surface area contributed by atoms with Crippen LogP contribution in [0.5, 0.6) is 0 Å². The van der Waals surface area contributed by atoms with Crippen LogP contribution in [-0.4, -0.2) is 11.5 Å². The van der Waals surface area contributed by atoms with E-state index in [9.17, 15) is 8.78 Å². The molecule has 0 saturated heterocycles. The quantitative estimate of drug-likeness (QED) is 0.560. The average molecular weight is 152 g/mol. The Hall–Kier alpha value is -0.0500. The molecule has 0 heterocycles. The van der Waals surface area contributed by atoms with E-state index in [-0.39, 0.29) is 0 Å². The van der Waals surface area contributed by atoms with Crippen molar-refractivity contribution in [2.45, 2.75) is 18.6 Å². The molecule has 0 nitrogen and oxygen atoms in total. The van der Waals surface area contributed by atoms with Crippen LogP contribution in [0.1, 0.15) is 13.3 Å². The zero-order chi connectivity index (χ0) is 7.33. The molecule has 0 aliphatic heterocycles. The van der Waals surface area contributed by atoms with E-state index < -0.39 is 5.25 Å². The Morgan fingerprint density at radius 1 is 1.56 bits per heavy atom. The Balaban J connectivity index is 3.70. The van der Waals surface area contributed by atoms with E-state index in [2.05, 4.69) is 0 Å². The lowest BCUT2D eigenvalue weighted by Crippen LogP contribution is -2.03. The van der Waals surface area contributed by atoms with Crippen LogP contribution >= 0.6 is 11.8 Å². The summed E-state index contributed by atoms with van der Waals surface area (Å²) in [5.74, 6) is 0. The van der Waals surface area contributed by atoms with Gasteiger partial charge in [0.15, 0.2) is 0 Å². The van der Waals surface area contributed by atoms with Crippen LogP contribution in [0.25, 0.3) is 0 Å². The van der Waals surface area contributed by atoms with Gasteiger partial charge in [-0.3, -0.25) is 0 Å². The fraction of sp³-hybridized carbons (Fsp3) is 0.667. The van der Waals surface area contributed by atoms with Crippen molar-refractivity contribution in [2.75, 3.05) is 6.26 Å². The summed E-state index contributed by atoms with van der Waals surface area (Å²) in [5, 5.41) is -2.67. The monoisotopic (exact) mass is 152 g/mol. The highest BCUT2D eigenvalue weighted by Crippen LogP contribution is 2.27. The molecule has 54 valence electrons. The molecule has 9 heavy (non-hydrogen) atoms. The van der Waals surface area contributed by atoms with Gasteiger partial charge in [0.25, 0.3) is 0 Å². The third-order valence-electron chi connectivity index (χ3n) is 0.820. The fourth-order valence-electron chi connectivity index (χ4n) is 0.323. The maximum absolute atomic E-state index is 12.2. The number of hydrogen-bond acceptors (Lipinski definition) is 1. The van der Waals surface area contributed by atoms with Gasteiger partial charge in [-0.25, -0.2) is 0 Å². The average Bonchev–Trinajstić information content (AvgIpc) is 1.84. The highest BCUT2D eigenvalue weighted by atomic mass is 32.2. The third kappa shape index (κ3) is 4.45. The number of thioether (sulfide) groups is 1. The second-order valence-corrected chi connectivity index (χ2v) is 2.53. The first-order valence-electron chi connectivity index (χ1n) is 2.73. The first-order valence-corrected chi connectivity index (χ1v) is 3.95. The molecule has 0 spiro atoms. The summed E-state index contributed by atoms with van der Waals surface area (Å²) in [6, 6.07) is 0. The van der Waals surface area contributed by atoms with Crippen molar-refractivity contribution in [1.29, 1.82) is 0 Å². The summed E-state index contributed by atoms with van der Waals surface area (Å²) in [4.78, 5) is 0. The molecule has 0 rings (SSSR count). The summed E-state index contributed by atoms with van der Waals surface area (Å²) < 4.78 is 24.4. The van der Waals surface area contributed by atoms with Gasteiger partial charge in [0.1, 0.15) is 0 Å². The fourth-order valence-corrected chi connectivity index (χ4v) is 0.555. The lowest BCUT2D eigenvalue weighted by molar-refractivity contribution is 0.163. The molecule has 0 aromatic heterocycles. The predicted octanol–water partition coefficient (Wildman–Crippen LogP) is 2.91. The van der Waals surface area contributed by atoms with Crippen LogP contribution in [-0.2, 0) is 0 Å². The maximum Gasteiger partial charge on any atom is 0.312 e.